The number of rotatable bonds is 3. The van der Waals surface area contributed by atoms with Gasteiger partial charge in [-0.25, -0.2) is 0 Å². The van der Waals surface area contributed by atoms with E-state index in [-0.39, 0.29) is 18.1 Å². The highest BCUT2D eigenvalue weighted by atomic mass is 32.1. The van der Waals surface area contributed by atoms with E-state index >= 15 is 0 Å². The van der Waals surface area contributed by atoms with E-state index in [4.69, 9.17) is 0 Å². The molecule has 0 aromatic carbocycles. The van der Waals surface area contributed by atoms with E-state index < -0.39 is 11.0 Å². The van der Waals surface area contributed by atoms with Crippen molar-refractivity contribution in [2.75, 3.05) is 24.5 Å². The Hall–Kier alpha value is -1.67. The first-order chi connectivity index (χ1) is 8.99. The fraction of sp³-hybridized carbons (Fsp3) is 0.545. The summed E-state index contributed by atoms with van der Waals surface area (Å²) >= 11 is 1.17. The second kappa shape index (κ2) is 5.54. The summed E-state index contributed by atoms with van der Waals surface area (Å²) in [4.78, 5) is 24.4. The van der Waals surface area contributed by atoms with Crippen molar-refractivity contribution in [3.63, 3.8) is 0 Å². The first-order valence-corrected chi connectivity index (χ1v) is 6.78. The van der Waals surface area contributed by atoms with Crippen LogP contribution in [0.25, 0.3) is 0 Å². The van der Waals surface area contributed by atoms with Crippen LogP contribution in [0.4, 0.5) is 10.7 Å². The molecule has 0 spiro atoms. The van der Waals surface area contributed by atoms with Crippen molar-refractivity contribution in [1.82, 2.24) is 5.32 Å². The molecule has 2 heterocycles. The number of aliphatic hydroxyl groups excluding tert-OH is 1. The van der Waals surface area contributed by atoms with Crippen molar-refractivity contribution in [2.24, 2.45) is 0 Å². The zero-order chi connectivity index (χ0) is 14.0. The first kappa shape index (κ1) is 13.8. The van der Waals surface area contributed by atoms with Crippen molar-refractivity contribution in [3.8, 4) is 0 Å². The van der Waals surface area contributed by atoms with Crippen LogP contribution in [-0.4, -0.2) is 35.6 Å². The van der Waals surface area contributed by atoms with Crippen molar-refractivity contribution in [1.29, 1.82) is 0 Å². The maximum Gasteiger partial charge on any atom is 0.304 e. The maximum absolute atomic E-state index is 11.5. The highest BCUT2D eigenvalue weighted by Crippen LogP contribution is 2.40. The lowest BCUT2D eigenvalue weighted by molar-refractivity contribution is -0.383. The van der Waals surface area contributed by atoms with Gasteiger partial charge in [0.2, 0.25) is 5.91 Å². The van der Waals surface area contributed by atoms with Gasteiger partial charge in [0.05, 0.1) is 17.6 Å². The van der Waals surface area contributed by atoms with E-state index in [1.807, 2.05) is 0 Å². The van der Waals surface area contributed by atoms with Crippen LogP contribution in [0.5, 0.6) is 0 Å². The number of nitrogens with zero attached hydrogens (tertiary/aromatic N) is 2. The molecule has 1 aliphatic rings. The molecular weight excluding hydrogens is 270 g/mol. The molecule has 0 bridgehead atoms. The minimum atomic E-state index is -0.752. The minimum Gasteiger partial charge on any atom is -0.388 e. The smallest absolute Gasteiger partial charge is 0.304 e. The molecule has 0 unspecified atom stereocenters. The molecule has 1 amide bonds. The van der Waals surface area contributed by atoms with E-state index in [1.54, 1.807) is 11.8 Å². The summed E-state index contributed by atoms with van der Waals surface area (Å²) in [5.41, 5.74) is -0.0457. The number of thiophene rings is 1. The second-order valence-corrected chi connectivity index (χ2v) is 5.46. The number of hydrogen-bond donors (Lipinski definition) is 2. The third kappa shape index (κ3) is 3.02. The van der Waals surface area contributed by atoms with Gasteiger partial charge in [-0.1, -0.05) is 0 Å². The number of hydrogen-bond acceptors (Lipinski definition) is 6. The SMILES string of the molecule is C[C@@H](O)c1cc([N+](=O)[O-])c(N2CCCNC(=O)C2)s1. The Labute approximate surface area is 114 Å². The summed E-state index contributed by atoms with van der Waals surface area (Å²) in [6, 6.07) is 1.38. The van der Waals surface area contributed by atoms with Crippen LogP contribution >= 0.6 is 11.3 Å². The molecule has 1 fully saturated rings. The Morgan fingerprint density at radius 2 is 2.37 bits per heavy atom. The maximum atomic E-state index is 11.5. The Morgan fingerprint density at radius 3 is 3.00 bits per heavy atom. The lowest BCUT2D eigenvalue weighted by atomic mass is 10.3. The van der Waals surface area contributed by atoms with Crippen molar-refractivity contribution >= 4 is 27.9 Å². The minimum absolute atomic E-state index is 0.0457. The quantitative estimate of drug-likeness (QED) is 0.639. The van der Waals surface area contributed by atoms with Gasteiger partial charge in [-0.3, -0.25) is 14.9 Å². The largest absolute Gasteiger partial charge is 0.388 e. The summed E-state index contributed by atoms with van der Waals surface area (Å²) in [6.07, 6.45) is -0.0107. The monoisotopic (exact) mass is 285 g/mol. The average molecular weight is 285 g/mol. The molecule has 2 N–H and O–H groups in total. The molecule has 0 radical (unpaired) electrons. The van der Waals surface area contributed by atoms with Crippen LogP contribution in [0.2, 0.25) is 0 Å². The molecule has 0 aliphatic carbocycles. The van der Waals surface area contributed by atoms with Crippen LogP contribution in [0.1, 0.15) is 24.3 Å². The van der Waals surface area contributed by atoms with Crippen LogP contribution in [0, 0.1) is 10.1 Å². The van der Waals surface area contributed by atoms with Gasteiger partial charge in [0.15, 0.2) is 5.00 Å². The normalized spacial score (nSPS) is 17.8. The Morgan fingerprint density at radius 1 is 1.63 bits per heavy atom. The molecular formula is C11H15N3O4S. The predicted molar refractivity (Wildman–Crippen MR) is 71.4 cm³/mol. The predicted octanol–water partition coefficient (Wildman–Crippen LogP) is 1.04. The zero-order valence-corrected chi connectivity index (χ0v) is 11.3. The topological polar surface area (TPSA) is 95.7 Å². The summed E-state index contributed by atoms with van der Waals surface area (Å²) < 4.78 is 0. The summed E-state index contributed by atoms with van der Waals surface area (Å²) in [5, 5.41) is 23.8. The number of nitrogens with one attached hydrogen (secondary N) is 1. The van der Waals surface area contributed by atoms with E-state index in [2.05, 4.69) is 5.32 Å². The Bertz CT molecular complexity index is 500. The molecule has 0 saturated carbocycles. The lowest BCUT2D eigenvalue weighted by Gasteiger charge is -2.18. The Kier molecular flexibility index (Phi) is 4.01. The molecule has 1 aromatic rings. The fourth-order valence-corrected chi connectivity index (χ4v) is 3.02. The van der Waals surface area contributed by atoms with Crippen molar-refractivity contribution in [2.45, 2.75) is 19.4 Å². The van der Waals surface area contributed by atoms with Gasteiger partial charge in [0.1, 0.15) is 0 Å². The summed E-state index contributed by atoms with van der Waals surface area (Å²) in [5.74, 6) is -0.140. The molecule has 1 aliphatic heterocycles. The highest BCUT2D eigenvalue weighted by molar-refractivity contribution is 7.16. The third-order valence-corrected chi connectivity index (χ3v) is 4.23. The van der Waals surface area contributed by atoms with Gasteiger partial charge in [0, 0.05) is 24.0 Å². The van der Waals surface area contributed by atoms with E-state index in [0.717, 1.165) is 6.42 Å². The second-order valence-electron chi connectivity index (χ2n) is 4.40. The molecule has 19 heavy (non-hydrogen) atoms. The number of amides is 1. The van der Waals surface area contributed by atoms with E-state index in [1.165, 1.54) is 17.4 Å². The van der Waals surface area contributed by atoms with Gasteiger partial charge in [-0.2, -0.15) is 0 Å². The van der Waals surface area contributed by atoms with Crippen LogP contribution in [0.3, 0.4) is 0 Å². The third-order valence-electron chi connectivity index (χ3n) is 2.87. The van der Waals surface area contributed by atoms with Gasteiger partial charge >= 0.3 is 5.69 Å². The summed E-state index contributed by atoms with van der Waals surface area (Å²) in [7, 11) is 0. The van der Waals surface area contributed by atoms with Gasteiger partial charge in [0.25, 0.3) is 0 Å². The number of carbonyl (C=O) groups is 1. The number of aliphatic hydroxyl groups is 1. The van der Waals surface area contributed by atoms with Gasteiger partial charge in [-0.05, 0) is 13.3 Å². The first-order valence-electron chi connectivity index (χ1n) is 5.97. The van der Waals surface area contributed by atoms with Crippen molar-refractivity contribution in [3.05, 3.63) is 21.1 Å². The molecule has 104 valence electrons. The van der Waals surface area contributed by atoms with Crippen LogP contribution < -0.4 is 10.2 Å². The molecule has 8 heteroatoms. The lowest BCUT2D eigenvalue weighted by Crippen LogP contribution is -2.32. The molecule has 1 atom stereocenters. The van der Waals surface area contributed by atoms with E-state index in [9.17, 15) is 20.0 Å². The molecule has 1 saturated heterocycles. The van der Waals surface area contributed by atoms with E-state index in [0.29, 0.717) is 23.0 Å². The fourth-order valence-electron chi connectivity index (χ4n) is 1.93. The average Bonchev–Trinajstić information content (AvgIpc) is 2.68. The van der Waals surface area contributed by atoms with Crippen molar-refractivity contribution < 1.29 is 14.8 Å². The van der Waals surface area contributed by atoms with Gasteiger partial charge < -0.3 is 15.3 Å². The number of nitro groups is 1. The molecule has 2 rings (SSSR count). The molecule has 7 nitrogen and oxygen atoms in total. The van der Waals surface area contributed by atoms with Gasteiger partial charge in [-0.15, -0.1) is 11.3 Å². The zero-order valence-electron chi connectivity index (χ0n) is 10.5. The summed E-state index contributed by atoms with van der Waals surface area (Å²) in [6.45, 7) is 2.84. The number of anilines is 1. The Balaban J connectivity index is 2.36. The molecule has 1 aromatic heterocycles. The standard InChI is InChI=1S/C11H15N3O4S/c1-7(15)9-5-8(14(17)18)11(19-9)13-4-2-3-12-10(16)6-13/h5,7,15H,2-4,6H2,1H3,(H,12,16)/t7-/m1/s1. The highest BCUT2D eigenvalue weighted by Gasteiger charge is 2.27. The van der Waals surface area contributed by atoms with Crippen LogP contribution in [0.15, 0.2) is 6.07 Å². The van der Waals surface area contributed by atoms with Crippen LogP contribution in [-0.2, 0) is 4.79 Å². The number of carbonyl (C=O) groups excluding carboxylic acids is 1.